The summed E-state index contributed by atoms with van der Waals surface area (Å²) in [6.45, 7) is 2.90. The molecule has 0 saturated heterocycles. The summed E-state index contributed by atoms with van der Waals surface area (Å²) in [7, 11) is -4.01. The zero-order chi connectivity index (χ0) is 31.2. The summed E-state index contributed by atoms with van der Waals surface area (Å²) in [5, 5.41) is 13.5. The molecule has 0 amide bonds. The lowest BCUT2D eigenvalue weighted by molar-refractivity contribution is -0.274. The highest BCUT2D eigenvalue weighted by atomic mass is 32.2. The lowest BCUT2D eigenvalue weighted by Crippen LogP contribution is -2.16. The number of benzene rings is 3. The normalized spacial score (nSPS) is 12.5. The minimum absolute atomic E-state index is 0.116. The van der Waals surface area contributed by atoms with Gasteiger partial charge in [0.25, 0.3) is 5.92 Å². The van der Waals surface area contributed by atoms with Gasteiger partial charge in [-0.05, 0) is 66.6 Å². The lowest BCUT2D eigenvalue weighted by Gasteiger charge is -2.16. The van der Waals surface area contributed by atoms with Crippen LogP contribution in [0.5, 0.6) is 5.75 Å². The van der Waals surface area contributed by atoms with E-state index in [1.54, 1.807) is 31.2 Å². The average Bonchev–Trinajstić information content (AvgIpc) is 3.59. The highest BCUT2D eigenvalue weighted by molar-refractivity contribution is 7.89. The largest absolute Gasteiger partial charge is 0.573 e. The van der Waals surface area contributed by atoms with E-state index < -0.39 is 40.2 Å². The van der Waals surface area contributed by atoms with Gasteiger partial charge in [0.1, 0.15) is 17.3 Å². The second kappa shape index (κ2) is 10.9. The molecule has 15 heteroatoms. The number of rotatable bonds is 8. The molecule has 0 aliphatic carbocycles. The van der Waals surface area contributed by atoms with E-state index in [4.69, 9.17) is 5.14 Å². The Kier molecular flexibility index (Phi) is 7.56. The number of halogens is 5. The van der Waals surface area contributed by atoms with Crippen LogP contribution in [0.3, 0.4) is 0 Å². The van der Waals surface area contributed by atoms with Gasteiger partial charge >= 0.3 is 6.36 Å². The van der Waals surface area contributed by atoms with E-state index in [0.29, 0.717) is 33.8 Å². The first-order valence-electron chi connectivity index (χ1n) is 12.7. The Morgan fingerprint density at radius 1 is 0.907 bits per heavy atom. The molecule has 0 fully saturated rings. The van der Waals surface area contributed by atoms with E-state index in [1.807, 2.05) is 0 Å². The van der Waals surface area contributed by atoms with Crippen LogP contribution in [0.25, 0.3) is 33.8 Å². The number of aromatic nitrogens is 5. The molecule has 9 nitrogen and oxygen atoms in total. The zero-order valence-electron chi connectivity index (χ0n) is 22.5. The van der Waals surface area contributed by atoms with Gasteiger partial charge in [-0.1, -0.05) is 30.3 Å². The molecule has 224 valence electrons. The summed E-state index contributed by atoms with van der Waals surface area (Å²) < 4.78 is 97.9. The van der Waals surface area contributed by atoms with Crippen molar-refractivity contribution in [1.82, 2.24) is 24.5 Å². The van der Waals surface area contributed by atoms with Gasteiger partial charge in [-0.25, -0.2) is 23.2 Å². The quantitative estimate of drug-likeness (QED) is 0.209. The van der Waals surface area contributed by atoms with Crippen molar-refractivity contribution < 1.29 is 35.1 Å². The first kappa shape index (κ1) is 29.8. The topological polar surface area (TPSA) is 118 Å². The van der Waals surface area contributed by atoms with E-state index in [2.05, 4.69) is 20.0 Å². The van der Waals surface area contributed by atoms with Crippen molar-refractivity contribution in [3.05, 3.63) is 90.6 Å². The first-order chi connectivity index (χ1) is 20.2. The molecule has 2 N–H and O–H groups in total. The van der Waals surface area contributed by atoms with Gasteiger partial charge in [0.05, 0.1) is 28.2 Å². The van der Waals surface area contributed by atoms with Crippen LogP contribution < -0.4 is 9.88 Å². The minimum Gasteiger partial charge on any atom is -0.406 e. The Bertz CT molecular complexity index is 1900. The molecule has 0 unspecified atom stereocenters. The van der Waals surface area contributed by atoms with Crippen LogP contribution in [0, 0.1) is 6.92 Å². The fraction of sp³-hybridized carbons (Fsp3) is 0.179. The van der Waals surface area contributed by atoms with Crippen molar-refractivity contribution >= 4 is 10.0 Å². The number of hydrogen-bond donors (Lipinski definition) is 1. The Labute approximate surface area is 242 Å². The molecule has 2 heterocycles. The third-order valence-electron chi connectivity index (χ3n) is 6.59. The number of alkyl halides is 5. The van der Waals surface area contributed by atoms with Gasteiger partial charge in [0, 0.05) is 18.2 Å². The van der Waals surface area contributed by atoms with Gasteiger partial charge in [-0.3, -0.25) is 0 Å². The number of aryl methyl sites for hydroxylation is 1. The van der Waals surface area contributed by atoms with Crippen LogP contribution >= 0.6 is 0 Å². The Balaban J connectivity index is 1.69. The van der Waals surface area contributed by atoms with E-state index in [1.165, 1.54) is 58.9 Å². The zero-order valence-corrected chi connectivity index (χ0v) is 23.4. The van der Waals surface area contributed by atoms with Crippen LogP contribution in [0.2, 0.25) is 0 Å². The smallest absolute Gasteiger partial charge is 0.406 e. The lowest BCUT2D eigenvalue weighted by atomic mass is 10.0. The third-order valence-corrected chi connectivity index (χ3v) is 7.50. The van der Waals surface area contributed by atoms with Crippen molar-refractivity contribution in [1.29, 1.82) is 0 Å². The van der Waals surface area contributed by atoms with Gasteiger partial charge in [0.15, 0.2) is 0 Å². The molecule has 0 radical (unpaired) electrons. The third kappa shape index (κ3) is 6.27. The van der Waals surface area contributed by atoms with Crippen LogP contribution in [-0.2, 0) is 15.9 Å². The molecule has 2 aromatic heterocycles. The fourth-order valence-corrected chi connectivity index (χ4v) is 5.00. The minimum atomic E-state index is -4.86. The Morgan fingerprint density at radius 3 is 2.23 bits per heavy atom. The number of ether oxygens (including phenoxy) is 1. The number of hydrogen-bond acceptors (Lipinski definition) is 6. The first-order valence-corrected chi connectivity index (χ1v) is 14.2. The van der Waals surface area contributed by atoms with Crippen LogP contribution in [0.15, 0.2) is 84.0 Å². The molecule has 43 heavy (non-hydrogen) atoms. The molecule has 0 saturated carbocycles. The number of primary sulfonamides is 1. The maximum Gasteiger partial charge on any atom is 0.573 e. The second-order valence-corrected chi connectivity index (χ2v) is 11.0. The molecular formula is C28H23F5N6O3S. The fourth-order valence-electron chi connectivity index (χ4n) is 4.44. The molecule has 3 aromatic carbocycles. The summed E-state index contributed by atoms with van der Waals surface area (Å²) >= 11 is 0. The molecule has 0 spiro atoms. The Hall–Kier alpha value is -4.63. The van der Waals surface area contributed by atoms with Gasteiger partial charge in [-0.15, -0.1) is 18.3 Å². The molecule has 0 atom stereocenters. The second-order valence-electron chi connectivity index (χ2n) is 9.48. The van der Waals surface area contributed by atoms with Crippen molar-refractivity contribution in [2.24, 2.45) is 5.14 Å². The summed E-state index contributed by atoms with van der Waals surface area (Å²) in [6, 6.07) is 15.9. The van der Waals surface area contributed by atoms with Gasteiger partial charge < -0.3 is 9.30 Å². The number of imidazole rings is 1. The van der Waals surface area contributed by atoms with Gasteiger partial charge in [0.2, 0.25) is 10.0 Å². The maximum absolute atomic E-state index is 14.6. The van der Waals surface area contributed by atoms with Crippen LogP contribution in [0.4, 0.5) is 22.0 Å². The van der Waals surface area contributed by atoms with Crippen LogP contribution in [-0.4, -0.2) is 39.3 Å². The SMILES string of the molecule is CCC(F)(F)c1cn(-c2ccc(-c3cccc(S(N)(=O)=O)c3)cc2-n2nncc2-c2ccc(OC(F)(F)F)cc2)c(C)n1. The van der Waals surface area contributed by atoms with E-state index >= 15 is 0 Å². The predicted molar refractivity (Wildman–Crippen MR) is 146 cm³/mol. The number of nitrogens with zero attached hydrogens (tertiary/aromatic N) is 5. The summed E-state index contributed by atoms with van der Waals surface area (Å²) in [4.78, 5) is 3.96. The van der Waals surface area contributed by atoms with Gasteiger partial charge in [-0.2, -0.15) is 8.78 Å². The predicted octanol–water partition coefficient (Wildman–Crippen LogP) is 6.14. The summed E-state index contributed by atoms with van der Waals surface area (Å²) in [6.07, 6.45) is -2.72. The number of sulfonamides is 1. The van der Waals surface area contributed by atoms with Crippen molar-refractivity contribution in [3.63, 3.8) is 0 Å². The van der Waals surface area contributed by atoms with E-state index in [-0.39, 0.29) is 10.7 Å². The van der Waals surface area contributed by atoms with E-state index in [9.17, 15) is 30.4 Å². The Morgan fingerprint density at radius 2 is 1.58 bits per heavy atom. The summed E-state index contributed by atoms with van der Waals surface area (Å²) in [5.41, 5.74) is 2.06. The average molecular weight is 619 g/mol. The molecule has 0 bridgehead atoms. The standard InChI is InChI=1S/C28H23F5N6O3S/c1-3-27(29,30)26-16-38(17(2)36-26)23-12-9-20(19-5-4-6-22(13-19)43(34,40)41)14-24(23)39-25(15-35-37-39)18-7-10-21(11-8-18)42-28(31,32)33/h4-16H,3H2,1-2H3,(H2,34,40,41). The van der Waals surface area contributed by atoms with Crippen molar-refractivity contribution in [2.75, 3.05) is 0 Å². The molecule has 5 aromatic rings. The highest BCUT2D eigenvalue weighted by Gasteiger charge is 2.33. The van der Waals surface area contributed by atoms with Crippen LogP contribution in [0.1, 0.15) is 24.9 Å². The van der Waals surface area contributed by atoms with Crippen molar-refractivity contribution in [3.8, 4) is 39.5 Å². The van der Waals surface area contributed by atoms with E-state index in [0.717, 1.165) is 12.1 Å². The molecular weight excluding hydrogens is 595 g/mol. The molecule has 0 aliphatic rings. The number of nitrogens with two attached hydrogens (primary N) is 1. The van der Waals surface area contributed by atoms with Crippen molar-refractivity contribution in [2.45, 2.75) is 37.4 Å². The monoisotopic (exact) mass is 618 g/mol. The maximum atomic E-state index is 14.6. The molecule has 0 aliphatic heterocycles. The molecule has 5 rings (SSSR count). The summed E-state index contributed by atoms with van der Waals surface area (Å²) in [5.74, 6) is -3.35. The highest BCUT2D eigenvalue weighted by Crippen LogP contribution is 2.35.